The Bertz CT molecular complexity index is 657. The number of thioether (sulfide) groups is 1. The lowest BCUT2D eigenvalue weighted by molar-refractivity contribution is -0.115. The molecule has 1 amide bonds. The summed E-state index contributed by atoms with van der Waals surface area (Å²) in [4.78, 5) is 14.1. The largest absolute Gasteiger partial charge is 0.494 e. The van der Waals surface area contributed by atoms with Gasteiger partial charge < -0.3 is 4.74 Å². The van der Waals surface area contributed by atoms with Crippen molar-refractivity contribution in [1.29, 1.82) is 0 Å². The molecular weight excluding hydrogens is 318 g/mol. The summed E-state index contributed by atoms with van der Waals surface area (Å²) in [6.07, 6.45) is 0. The van der Waals surface area contributed by atoms with E-state index < -0.39 is 0 Å². The first-order valence-electron chi connectivity index (χ1n) is 7.11. The Labute approximate surface area is 139 Å². The van der Waals surface area contributed by atoms with Crippen LogP contribution >= 0.6 is 23.4 Å². The van der Waals surface area contributed by atoms with E-state index in [-0.39, 0.29) is 11.3 Å². The van der Waals surface area contributed by atoms with E-state index in [0.717, 1.165) is 17.0 Å². The molecule has 0 aromatic heterocycles. The van der Waals surface area contributed by atoms with Crippen LogP contribution in [0.4, 0.5) is 5.69 Å². The van der Waals surface area contributed by atoms with E-state index in [1.165, 1.54) is 0 Å². The van der Waals surface area contributed by atoms with Crippen LogP contribution in [0.25, 0.3) is 0 Å². The van der Waals surface area contributed by atoms with Gasteiger partial charge in [0, 0.05) is 10.7 Å². The molecule has 1 aliphatic rings. The summed E-state index contributed by atoms with van der Waals surface area (Å²) < 4.78 is 5.47. The van der Waals surface area contributed by atoms with E-state index >= 15 is 0 Å². The average molecular weight is 334 g/mol. The molecule has 2 aromatic rings. The van der Waals surface area contributed by atoms with E-state index in [1.807, 2.05) is 60.4 Å². The fraction of sp³-hybridized carbons (Fsp3) is 0.235. The second-order valence-electron chi connectivity index (χ2n) is 4.91. The van der Waals surface area contributed by atoms with Gasteiger partial charge in [-0.1, -0.05) is 23.7 Å². The highest BCUT2D eigenvalue weighted by atomic mass is 35.5. The molecule has 1 heterocycles. The van der Waals surface area contributed by atoms with Crippen LogP contribution in [-0.2, 0) is 4.79 Å². The standard InChI is InChI=1S/C17H16ClNO2S/c1-2-21-15-9-3-12(4-10-15)17-19(16(20)11-22-17)14-7-5-13(18)6-8-14/h3-10,17H,2,11H2,1H3/t17-/m1/s1. The molecule has 0 saturated carbocycles. The Kier molecular flexibility index (Phi) is 4.60. The van der Waals surface area contributed by atoms with Crippen LogP contribution in [0.2, 0.25) is 5.02 Å². The SMILES string of the molecule is CCOc1ccc([C@H]2SCC(=O)N2c2ccc(Cl)cc2)cc1. The molecule has 1 fully saturated rings. The van der Waals surface area contributed by atoms with Crippen molar-refractivity contribution in [2.75, 3.05) is 17.3 Å². The Balaban J connectivity index is 1.88. The summed E-state index contributed by atoms with van der Waals surface area (Å²) in [5, 5.41) is 0.657. The maximum absolute atomic E-state index is 12.3. The van der Waals surface area contributed by atoms with Crippen LogP contribution < -0.4 is 9.64 Å². The van der Waals surface area contributed by atoms with Crippen molar-refractivity contribution in [3.63, 3.8) is 0 Å². The van der Waals surface area contributed by atoms with Crippen molar-refractivity contribution in [3.8, 4) is 5.75 Å². The van der Waals surface area contributed by atoms with E-state index in [0.29, 0.717) is 17.4 Å². The molecule has 3 rings (SSSR count). The first-order valence-corrected chi connectivity index (χ1v) is 8.53. The van der Waals surface area contributed by atoms with Gasteiger partial charge >= 0.3 is 0 Å². The molecule has 114 valence electrons. The van der Waals surface area contributed by atoms with Crippen LogP contribution in [0.15, 0.2) is 48.5 Å². The average Bonchev–Trinajstić information content (AvgIpc) is 2.91. The molecule has 0 aliphatic carbocycles. The molecule has 1 aliphatic heterocycles. The lowest BCUT2D eigenvalue weighted by Gasteiger charge is -2.24. The Morgan fingerprint density at radius 1 is 1.18 bits per heavy atom. The third kappa shape index (κ3) is 3.08. The third-order valence-electron chi connectivity index (χ3n) is 3.45. The minimum Gasteiger partial charge on any atom is -0.494 e. The van der Waals surface area contributed by atoms with Crippen LogP contribution in [-0.4, -0.2) is 18.3 Å². The molecule has 0 radical (unpaired) electrons. The molecule has 0 N–H and O–H groups in total. The number of carbonyl (C=O) groups excluding carboxylic acids is 1. The Hall–Kier alpha value is -1.65. The minimum absolute atomic E-state index is 0.00986. The number of hydrogen-bond donors (Lipinski definition) is 0. The molecule has 0 unspecified atom stereocenters. The lowest BCUT2D eigenvalue weighted by Crippen LogP contribution is -2.27. The van der Waals surface area contributed by atoms with E-state index in [2.05, 4.69) is 0 Å². The molecule has 1 saturated heterocycles. The van der Waals surface area contributed by atoms with Gasteiger partial charge in [0.25, 0.3) is 0 Å². The number of rotatable bonds is 4. The van der Waals surface area contributed by atoms with E-state index in [1.54, 1.807) is 11.8 Å². The van der Waals surface area contributed by atoms with Crippen molar-refractivity contribution in [2.45, 2.75) is 12.3 Å². The maximum Gasteiger partial charge on any atom is 0.238 e. The van der Waals surface area contributed by atoms with Gasteiger partial charge in [-0.05, 0) is 48.9 Å². The number of anilines is 1. The van der Waals surface area contributed by atoms with Crippen molar-refractivity contribution in [1.82, 2.24) is 0 Å². The lowest BCUT2D eigenvalue weighted by atomic mass is 10.2. The normalized spacial score (nSPS) is 17.8. The highest BCUT2D eigenvalue weighted by Crippen LogP contribution is 2.42. The summed E-state index contributed by atoms with van der Waals surface area (Å²) in [5.74, 6) is 1.45. The number of halogens is 1. The fourth-order valence-corrected chi connectivity index (χ4v) is 3.75. The van der Waals surface area contributed by atoms with Crippen LogP contribution in [0, 0.1) is 0 Å². The summed E-state index contributed by atoms with van der Waals surface area (Å²) in [5.41, 5.74) is 1.97. The summed E-state index contributed by atoms with van der Waals surface area (Å²) >= 11 is 7.57. The minimum atomic E-state index is -0.00986. The molecule has 0 bridgehead atoms. The van der Waals surface area contributed by atoms with Gasteiger partial charge in [-0.3, -0.25) is 9.69 Å². The zero-order valence-corrected chi connectivity index (χ0v) is 13.7. The number of benzene rings is 2. The fourth-order valence-electron chi connectivity index (χ4n) is 2.45. The van der Waals surface area contributed by atoms with Gasteiger partial charge in [-0.15, -0.1) is 11.8 Å². The van der Waals surface area contributed by atoms with Gasteiger partial charge in [0.2, 0.25) is 5.91 Å². The summed E-state index contributed by atoms with van der Waals surface area (Å²) in [6, 6.07) is 15.3. The molecule has 0 spiro atoms. The predicted octanol–water partition coefficient (Wildman–Crippen LogP) is 4.52. The number of amides is 1. The van der Waals surface area contributed by atoms with E-state index in [4.69, 9.17) is 16.3 Å². The molecule has 22 heavy (non-hydrogen) atoms. The number of nitrogens with zero attached hydrogens (tertiary/aromatic N) is 1. The van der Waals surface area contributed by atoms with Crippen LogP contribution in [0.5, 0.6) is 5.75 Å². The van der Waals surface area contributed by atoms with Gasteiger partial charge in [0.05, 0.1) is 12.4 Å². The second kappa shape index (κ2) is 6.63. The highest BCUT2D eigenvalue weighted by molar-refractivity contribution is 8.00. The molecule has 5 heteroatoms. The predicted molar refractivity (Wildman–Crippen MR) is 91.7 cm³/mol. The second-order valence-corrected chi connectivity index (χ2v) is 6.41. The molecule has 3 nitrogen and oxygen atoms in total. The number of carbonyl (C=O) groups is 1. The number of hydrogen-bond acceptors (Lipinski definition) is 3. The van der Waals surface area contributed by atoms with Crippen molar-refractivity contribution < 1.29 is 9.53 Å². The van der Waals surface area contributed by atoms with Crippen LogP contribution in [0.1, 0.15) is 17.9 Å². The zero-order chi connectivity index (χ0) is 15.5. The summed E-state index contributed by atoms with van der Waals surface area (Å²) in [6.45, 7) is 2.61. The van der Waals surface area contributed by atoms with Gasteiger partial charge in [-0.25, -0.2) is 0 Å². The Morgan fingerprint density at radius 3 is 2.50 bits per heavy atom. The molecule has 2 aromatic carbocycles. The van der Waals surface area contributed by atoms with Crippen molar-refractivity contribution >= 4 is 35.0 Å². The number of ether oxygens (including phenoxy) is 1. The smallest absolute Gasteiger partial charge is 0.238 e. The maximum atomic E-state index is 12.3. The molecule has 1 atom stereocenters. The quantitative estimate of drug-likeness (QED) is 0.824. The van der Waals surface area contributed by atoms with Crippen LogP contribution in [0.3, 0.4) is 0 Å². The third-order valence-corrected chi connectivity index (χ3v) is 4.91. The topological polar surface area (TPSA) is 29.5 Å². The highest BCUT2D eigenvalue weighted by Gasteiger charge is 2.33. The first-order chi connectivity index (χ1) is 10.7. The summed E-state index contributed by atoms with van der Waals surface area (Å²) in [7, 11) is 0. The molecular formula is C17H16ClNO2S. The van der Waals surface area contributed by atoms with Gasteiger partial charge in [-0.2, -0.15) is 0 Å². The van der Waals surface area contributed by atoms with E-state index in [9.17, 15) is 4.79 Å². The Morgan fingerprint density at radius 2 is 1.86 bits per heavy atom. The van der Waals surface area contributed by atoms with Crippen molar-refractivity contribution in [2.24, 2.45) is 0 Å². The van der Waals surface area contributed by atoms with Gasteiger partial charge in [0.1, 0.15) is 11.1 Å². The zero-order valence-electron chi connectivity index (χ0n) is 12.2. The first kappa shape index (κ1) is 15.3. The van der Waals surface area contributed by atoms with Crippen molar-refractivity contribution in [3.05, 3.63) is 59.1 Å². The van der Waals surface area contributed by atoms with Gasteiger partial charge in [0.15, 0.2) is 0 Å². The monoisotopic (exact) mass is 333 g/mol.